The first-order chi connectivity index (χ1) is 9.07. The summed E-state index contributed by atoms with van der Waals surface area (Å²) in [5.74, 6) is 5.74. The second kappa shape index (κ2) is 7.74. The van der Waals surface area contributed by atoms with Gasteiger partial charge in [-0.05, 0) is 18.6 Å². The predicted octanol–water partition coefficient (Wildman–Crippen LogP) is 0.170. The maximum absolute atomic E-state index is 11.7. The molecule has 0 bridgehead atoms. The Balaban J connectivity index is 2.71. The number of nitrogens with one attached hydrogen (secondary N) is 1. The van der Waals surface area contributed by atoms with Gasteiger partial charge in [0.05, 0.1) is 12.3 Å². The van der Waals surface area contributed by atoms with Crippen molar-refractivity contribution in [3.05, 3.63) is 23.9 Å². The number of nitrogens with zero attached hydrogens (tertiary/aromatic N) is 1. The molecule has 1 rings (SSSR count). The first-order valence-electron chi connectivity index (χ1n) is 5.72. The summed E-state index contributed by atoms with van der Waals surface area (Å²) in [6, 6.07) is 3.25. The minimum Gasteiger partial charge on any atom is -0.385 e. The molecule has 1 aromatic rings. The van der Waals surface area contributed by atoms with Gasteiger partial charge in [-0.2, -0.15) is 0 Å². The molecule has 0 atom stereocenters. The molecule has 0 amide bonds. The number of methoxy groups -OCH3 is 1. The van der Waals surface area contributed by atoms with Crippen LogP contribution in [0.15, 0.2) is 18.3 Å². The summed E-state index contributed by atoms with van der Waals surface area (Å²) in [6.45, 7) is 0.650. The normalized spacial score (nSPS) is 10.6. The second-order valence-electron chi connectivity index (χ2n) is 3.70. The van der Waals surface area contributed by atoms with E-state index in [9.17, 15) is 8.42 Å². The Morgan fingerprint density at radius 1 is 1.53 bits per heavy atom. The topological polar surface area (TPSA) is 94.3 Å². The van der Waals surface area contributed by atoms with Crippen LogP contribution in [0.5, 0.6) is 0 Å². The van der Waals surface area contributed by atoms with Gasteiger partial charge in [-0.15, -0.1) is 0 Å². The molecular formula is C12H17N3O3S. The number of nitrogens with two attached hydrogens (primary N) is 1. The van der Waals surface area contributed by atoms with Crippen LogP contribution >= 0.6 is 0 Å². The Morgan fingerprint density at radius 2 is 2.32 bits per heavy atom. The van der Waals surface area contributed by atoms with Crippen molar-refractivity contribution in [3.8, 4) is 11.8 Å². The molecule has 0 aliphatic rings. The van der Waals surface area contributed by atoms with Crippen molar-refractivity contribution in [2.75, 3.05) is 30.7 Å². The van der Waals surface area contributed by atoms with Gasteiger partial charge in [-0.3, -0.25) is 4.72 Å². The molecule has 0 unspecified atom stereocenters. The van der Waals surface area contributed by atoms with Gasteiger partial charge in [0.25, 0.3) is 0 Å². The number of anilines is 1. The monoisotopic (exact) mass is 283 g/mol. The van der Waals surface area contributed by atoms with Crippen LogP contribution in [-0.4, -0.2) is 39.4 Å². The van der Waals surface area contributed by atoms with E-state index in [0.29, 0.717) is 18.6 Å². The molecule has 0 aromatic carbocycles. The highest BCUT2D eigenvalue weighted by molar-refractivity contribution is 7.92. The van der Waals surface area contributed by atoms with Crippen LogP contribution in [0, 0.1) is 11.8 Å². The van der Waals surface area contributed by atoms with Crippen LogP contribution in [0.2, 0.25) is 0 Å². The van der Waals surface area contributed by atoms with Crippen molar-refractivity contribution in [1.29, 1.82) is 0 Å². The minimum atomic E-state index is -3.41. The highest BCUT2D eigenvalue weighted by atomic mass is 32.2. The highest BCUT2D eigenvalue weighted by Crippen LogP contribution is 2.08. The van der Waals surface area contributed by atoms with Crippen molar-refractivity contribution in [3.63, 3.8) is 0 Å². The lowest BCUT2D eigenvalue weighted by molar-refractivity contribution is 0.199. The van der Waals surface area contributed by atoms with Gasteiger partial charge in [0.15, 0.2) is 0 Å². The standard InChI is InChI=1S/C12H17N3O3S/c1-18-8-3-9-19(16,17)15-12-10-11(4-2-6-13)5-7-14-12/h5,7,10H,3,6,8-9,13H2,1H3,(H,14,15). The Hall–Kier alpha value is -1.62. The number of ether oxygens (including phenoxy) is 1. The molecular weight excluding hydrogens is 266 g/mol. The summed E-state index contributed by atoms with van der Waals surface area (Å²) < 4.78 is 30.7. The zero-order chi connectivity index (χ0) is 14.1. The highest BCUT2D eigenvalue weighted by Gasteiger charge is 2.10. The maximum atomic E-state index is 11.7. The lowest BCUT2D eigenvalue weighted by Gasteiger charge is -2.07. The van der Waals surface area contributed by atoms with Crippen LogP contribution in [0.1, 0.15) is 12.0 Å². The largest absolute Gasteiger partial charge is 0.385 e. The van der Waals surface area contributed by atoms with Crippen LogP contribution < -0.4 is 10.5 Å². The van der Waals surface area contributed by atoms with Gasteiger partial charge >= 0.3 is 0 Å². The second-order valence-corrected chi connectivity index (χ2v) is 5.54. The average molecular weight is 283 g/mol. The number of pyridine rings is 1. The first kappa shape index (κ1) is 15.4. The number of aromatic nitrogens is 1. The molecule has 19 heavy (non-hydrogen) atoms. The van der Waals surface area contributed by atoms with Gasteiger partial charge < -0.3 is 10.5 Å². The van der Waals surface area contributed by atoms with E-state index < -0.39 is 10.0 Å². The van der Waals surface area contributed by atoms with E-state index in [-0.39, 0.29) is 18.1 Å². The average Bonchev–Trinajstić information content (AvgIpc) is 2.36. The van der Waals surface area contributed by atoms with Crippen LogP contribution in [-0.2, 0) is 14.8 Å². The maximum Gasteiger partial charge on any atom is 0.233 e. The number of hydrogen-bond donors (Lipinski definition) is 2. The molecule has 0 radical (unpaired) electrons. The predicted molar refractivity (Wildman–Crippen MR) is 74.1 cm³/mol. The number of sulfonamides is 1. The van der Waals surface area contributed by atoms with E-state index in [1.54, 1.807) is 12.1 Å². The van der Waals surface area contributed by atoms with Gasteiger partial charge in [-0.1, -0.05) is 11.8 Å². The fraction of sp³-hybridized carbons (Fsp3) is 0.417. The Bertz CT molecular complexity index is 561. The van der Waals surface area contributed by atoms with E-state index >= 15 is 0 Å². The van der Waals surface area contributed by atoms with Gasteiger partial charge in [0, 0.05) is 25.5 Å². The molecule has 0 saturated carbocycles. The summed E-state index contributed by atoms with van der Waals surface area (Å²) in [4.78, 5) is 3.94. The molecule has 0 aliphatic heterocycles. The minimum absolute atomic E-state index is 0.0127. The van der Waals surface area contributed by atoms with Crippen molar-refractivity contribution >= 4 is 15.8 Å². The lowest BCUT2D eigenvalue weighted by atomic mass is 10.2. The van der Waals surface area contributed by atoms with Crippen molar-refractivity contribution in [1.82, 2.24) is 4.98 Å². The molecule has 3 N–H and O–H groups in total. The van der Waals surface area contributed by atoms with Crippen LogP contribution in [0.4, 0.5) is 5.82 Å². The van der Waals surface area contributed by atoms with Crippen LogP contribution in [0.3, 0.4) is 0 Å². The third-order valence-corrected chi connectivity index (χ3v) is 3.46. The number of hydrogen-bond acceptors (Lipinski definition) is 5. The van der Waals surface area contributed by atoms with Crippen LogP contribution in [0.25, 0.3) is 0 Å². The molecule has 7 heteroatoms. The smallest absolute Gasteiger partial charge is 0.233 e. The quantitative estimate of drug-likeness (QED) is 0.573. The van der Waals surface area contributed by atoms with E-state index in [0.717, 1.165) is 0 Å². The molecule has 0 fully saturated rings. The summed E-state index contributed by atoms with van der Waals surface area (Å²) in [6.07, 6.45) is 1.92. The zero-order valence-corrected chi connectivity index (χ0v) is 11.5. The Labute approximate surface area is 113 Å². The zero-order valence-electron chi connectivity index (χ0n) is 10.7. The third kappa shape index (κ3) is 6.20. The molecule has 0 aliphatic carbocycles. The van der Waals surface area contributed by atoms with E-state index in [1.165, 1.54) is 13.3 Å². The molecule has 6 nitrogen and oxygen atoms in total. The van der Waals surface area contributed by atoms with Gasteiger partial charge in [0.2, 0.25) is 10.0 Å². The molecule has 0 spiro atoms. The van der Waals surface area contributed by atoms with Crippen molar-refractivity contribution in [2.45, 2.75) is 6.42 Å². The van der Waals surface area contributed by atoms with E-state index in [4.69, 9.17) is 10.5 Å². The molecule has 1 heterocycles. The molecule has 104 valence electrons. The Morgan fingerprint density at radius 3 is 3.00 bits per heavy atom. The molecule has 0 saturated heterocycles. The Kier molecular flexibility index (Phi) is 6.29. The fourth-order valence-corrected chi connectivity index (χ4v) is 2.35. The van der Waals surface area contributed by atoms with E-state index in [1.807, 2.05) is 0 Å². The van der Waals surface area contributed by atoms with Crippen molar-refractivity contribution < 1.29 is 13.2 Å². The first-order valence-corrected chi connectivity index (χ1v) is 7.37. The summed E-state index contributed by atoms with van der Waals surface area (Å²) >= 11 is 0. The lowest BCUT2D eigenvalue weighted by Crippen LogP contribution is -2.18. The number of rotatable bonds is 6. The van der Waals surface area contributed by atoms with Gasteiger partial charge in [0.1, 0.15) is 5.82 Å². The summed E-state index contributed by atoms with van der Waals surface area (Å²) in [5.41, 5.74) is 5.93. The summed E-state index contributed by atoms with van der Waals surface area (Å²) in [5, 5.41) is 0. The fourth-order valence-electron chi connectivity index (χ4n) is 1.32. The van der Waals surface area contributed by atoms with Crippen molar-refractivity contribution in [2.24, 2.45) is 5.73 Å². The SMILES string of the molecule is COCCCS(=O)(=O)Nc1cc(C#CCN)ccn1. The third-order valence-electron chi connectivity index (χ3n) is 2.12. The molecule has 1 aromatic heterocycles. The summed E-state index contributed by atoms with van der Waals surface area (Å²) in [7, 11) is -1.88. The van der Waals surface area contributed by atoms with E-state index in [2.05, 4.69) is 21.5 Å². The van der Waals surface area contributed by atoms with Gasteiger partial charge in [-0.25, -0.2) is 13.4 Å².